The Balaban J connectivity index is 0.933. The van der Waals surface area contributed by atoms with Gasteiger partial charge in [0.05, 0.1) is 62.0 Å². The fourth-order valence-electron chi connectivity index (χ4n) is 7.07. The molecule has 4 aromatic rings. The molecular weight excluding hydrogens is 620 g/mol. The SMILES string of the molecule is COc1cc2c(cc1OCCCOc1cc3c(cc1OC)C(=O)N1Cc4ccccc4C[C@H]1C=N3)N=C[C@@H]1Cc3ccccc3CN1C2=O. The van der Waals surface area contributed by atoms with E-state index < -0.39 is 0 Å². The lowest BCUT2D eigenvalue weighted by Gasteiger charge is -2.34. The Bertz CT molecular complexity index is 1880. The van der Waals surface area contributed by atoms with Crippen molar-refractivity contribution in [2.45, 2.75) is 44.4 Å². The average molecular weight is 657 g/mol. The molecule has 0 radical (unpaired) electrons. The van der Waals surface area contributed by atoms with E-state index in [-0.39, 0.29) is 23.9 Å². The van der Waals surface area contributed by atoms with Crippen molar-refractivity contribution in [3.63, 3.8) is 0 Å². The molecule has 0 bridgehead atoms. The number of fused-ring (bicyclic) bond motifs is 6. The molecule has 0 saturated heterocycles. The summed E-state index contributed by atoms with van der Waals surface area (Å²) < 4.78 is 23.5. The van der Waals surface area contributed by atoms with E-state index in [0.717, 1.165) is 24.0 Å². The van der Waals surface area contributed by atoms with E-state index in [4.69, 9.17) is 28.9 Å². The molecule has 0 aliphatic carbocycles. The number of methoxy groups -OCH3 is 2. The number of hydrogen-bond acceptors (Lipinski definition) is 8. The first kappa shape index (κ1) is 30.7. The molecule has 4 heterocycles. The lowest BCUT2D eigenvalue weighted by atomic mass is 9.94. The first-order valence-electron chi connectivity index (χ1n) is 16.5. The van der Waals surface area contributed by atoms with Crippen LogP contribution in [0.15, 0.2) is 82.8 Å². The Hall–Kier alpha value is -5.64. The van der Waals surface area contributed by atoms with Crippen LogP contribution < -0.4 is 18.9 Å². The van der Waals surface area contributed by atoms with Crippen LogP contribution in [0.5, 0.6) is 23.0 Å². The Morgan fingerprint density at radius 3 is 1.47 bits per heavy atom. The zero-order chi connectivity index (χ0) is 33.5. The van der Waals surface area contributed by atoms with Crippen molar-refractivity contribution in [3.05, 3.63) is 106 Å². The molecule has 0 N–H and O–H groups in total. The van der Waals surface area contributed by atoms with E-state index in [1.54, 1.807) is 38.5 Å². The summed E-state index contributed by atoms with van der Waals surface area (Å²) >= 11 is 0. The van der Waals surface area contributed by atoms with Gasteiger partial charge in [-0.25, -0.2) is 0 Å². The van der Waals surface area contributed by atoms with Crippen LogP contribution in [-0.2, 0) is 25.9 Å². The Labute approximate surface area is 284 Å². The van der Waals surface area contributed by atoms with Crippen molar-refractivity contribution in [2.24, 2.45) is 9.98 Å². The first-order valence-corrected chi connectivity index (χ1v) is 16.5. The smallest absolute Gasteiger partial charge is 0.257 e. The standard InChI is InChI=1S/C39H36N4O6/c1-46-34-16-30-32(40-20-28-14-24-8-3-5-10-26(24)22-42(28)38(30)44)18-36(34)48-12-7-13-49-37-19-33-31(17-35(37)47-2)39(45)43-23-27-11-6-4-9-25(27)15-29(43)21-41-33/h3-6,8-11,16-21,28-29H,7,12-15,22-23H2,1-2H3/t28-,29-/m0/s1. The van der Waals surface area contributed by atoms with Gasteiger partial charge in [-0.1, -0.05) is 48.5 Å². The summed E-state index contributed by atoms with van der Waals surface area (Å²) in [6.45, 7) is 1.74. The van der Waals surface area contributed by atoms with Gasteiger partial charge in [-0.2, -0.15) is 0 Å². The molecule has 0 aromatic heterocycles. The van der Waals surface area contributed by atoms with Gasteiger partial charge in [-0.3, -0.25) is 19.6 Å². The van der Waals surface area contributed by atoms with Gasteiger partial charge in [-0.15, -0.1) is 0 Å². The zero-order valence-corrected chi connectivity index (χ0v) is 27.4. The molecule has 0 unspecified atom stereocenters. The van der Waals surface area contributed by atoms with E-state index in [1.165, 1.54) is 11.1 Å². The van der Waals surface area contributed by atoms with Crippen LogP contribution in [0, 0.1) is 0 Å². The monoisotopic (exact) mass is 656 g/mol. The molecule has 248 valence electrons. The first-order chi connectivity index (χ1) is 24.0. The second-order valence-corrected chi connectivity index (χ2v) is 12.6. The Morgan fingerprint density at radius 2 is 1.04 bits per heavy atom. The Morgan fingerprint density at radius 1 is 0.612 bits per heavy atom. The molecule has 49 heavy (non-hydrogen) atoms. The second kappa shape index (κ2) is 12.8. The Kier molecular flexibility index (Phi) is 7.99. The molecular formula is C39H36N4O6. The molecule has 4 aromatic carbocycles. The molecule has 4 aliphatic rings. The summed E-state index contributed by atoms with van der Waals surface area (Å²) in [4.78, 5) is 40.5. The van der Waals surface area contributed by atoms with Crippen molar-refractivity contribution in [1.29, 1.82) is 0 Å². The van der Waals surface area contributed by atoms with Crippen molar-refractivity contribution < 1.29 is 28.5 Å². The van der Waals surface area contributed by atoms with Gasteiger partial charge in [0.2, 0.25) is 0 Å². The summed E-state index contributed by atoms with van der Waals surface area (Å²) in [6.07, 6.45) is 5.73. The molecule has 2 atom stereocenters. The third-order valence-corrected chi connectivity index (χ3v) is 9.70. The van der Waals surface area contributed by atoms with E-state index in [9.17, 15) is 9.59 Å². The molecule has 2 amide bonds. The van der Waals surface area contributed by atoms with Gasteiger partial charge in [-0.05, 0) is 47.2 Å². The number of hydrogen-bond donors (Lipinski definition) is 0. The summed E-state index contributed by atoms with van der Waals surface area (Å²) in [5, 5.41) is 0. The predicted molar refractivity (Wildman–Crippen MR) is 186 cm³/mol. The lowest BCUT2D eigenvalue weighted by Crippen LogP contribution is -2.44. The van der Waals surface area contributed by atoms with Crippen LogP contribution in [-0.4, -0.2) is 73.6 Å². The fraction of sp³-hybridized carbons (Fsp3) is 0.282. The maximum atomic E-state index is 13.7. The van der Waals surface area contributed by atoms with Crippen LogP contribution in [0.2, 0.25) is 0 Å². The summed E-state index contributed by atoms with van der Waals surface area (Å²) in [5.74, 6) is 1.79. The minimum atomic E-state index is -0.116. The van der Waals surface area contributed by atoms with Crippen LogP contribution in [0.3, 0.4) is 0 Å². The summed E-state index contributed by atoms with van der Waals surface area (Å²) in [7, 11) is 3.12. The van der Waals surface area contributed by atoms with E-state index in [0.29, 0.717) is 78.2 Å². The summed E-state index contributed by atoms with van der Waals surface area (Å²) in [5.41, 5.74) is 6.88. The number of amides is 2. The highest BCUT2D eigenvalue weighted by Crippen LogP contribution is 2.40. The minimum absolute atomic E-state index is 0.0768. The highest BCUT2D eigenvalue weighted by molar-refractivity contribution is 6.04. The van der Waals surface area contributed by atoms with Gasteiger partial charge in [0.15, 0.2) is 23.0 Å². The number of rotatable bonds is 8. The van der Waals surface area contributed by atoms with E-state index in [1.807, 2.05) is 46.5 Å². The molecule has 4 aliphatic heterocycles. The van der Waals surface area contributed by atoms with E-state index >= 15 is 0 Å². The minimum Gasteiger partial charge on any atom is -0.493 e. The summed E-state index contributed by atoms with van der Waals surface area (Å²) in [6, 6.07) is 23.2. The predicted octanol–water partition coefficient (Wildman–Crippen LogP) is 6.12. The van der Waals surface area contributed by atoms with Gasteiger partial charge in [0.1, 0.15) is 0 Å². The van der Waals surface area contributed by atoms with E-state index in [2.05, 4.69) is 24.3 Å². The van der Waals surface area contributed by atoms with Gasteiger partial charge < -0.3 is 28.7 Å². The zero-order valence-electron chi connectivity index (χ0n) is 27.4. The van der Waals surface area contributed by atoms with Crippen molar-refractivity contribution in [1.82, 2.24) is 9.80 Å². The molecule has 8 rings (SSSR count). The number of nitrogens with zero attached hydrogens (tertiary/aromatic N) is 4. The van der Waals surface area contributed by atoms with Crippen LogP contribution >= 0.6 is 0 Å². The van der Waals surface area contributed by atoms with Gasteiger partial charge in [0, 0.05) is 44.1 Å². The molecule has 0 spiro atoms. The third kappa shape index (κ3) is 5.67. The number of carbonyl (C=O) groups excluding carboxylic acids is 2. The van der Waals surface area contributed by atoms with Crippen molar-refractivity contribution >= 4 is 35.6 Å². The van der Waals surface area contributed by atoms with Crippen molar-refractivity contribution in [2.75, 3.05) is 27.4 Å². The number of carbonyl (C=O) groups is 2. The maximum Gasteiger partial charge on any atom is 0.257 e. The number of ether oxygens (including phenoxy) is 4. The van der Waals surface area contributed by atoms with Crippen molar-refractivity contribution in [3.8, 4) is 23.0 Å². The third-order valence-electron chi connectivity index (χ3n) is 9.70. The fourth-order valence-corrected chi connectivity index (χ4v) is 7.07. The maximum absolute atomic E-state index is 13.7. The van der Waals surface area contributed by atoms with Gasteiger partial charge in [0.25, 0.3) is 11.8 Å². The molecule has 0 fully saturated rings. The normalized spacial score (nSPS) is 18.6. The molecule has 0 saturated carbocycles. The van der Waals surface area contributed by atoms with Gasteiger partial charge >= 0.3 is 0 Å². The van der Waals surface area contributed by atoms with Crippen LogP contribution in [0.1, 0.15) is 49.4 Å². The average Bonchev–Trinajstić information content (AvgIpc) is 3.35. The largest absolute Gasteiger partial charge is 0.493 e. The molecule has 10 nitrogen and oxygen atoms in total. The highest BCUT2D eigenvalue weighted by atomic mass is 16.5. The number of aliphatic imine (C=N–C) groups is 2. The number of benzene rings is 4. The highest BCUT2D eigenvalue weighted by Gasteiger charge is 2.34. The topological polar surface area (TPSA) is 102 Å². The van der Waals surface area contributed by atoms with Crippen LogP contribution in [0.4, 0.5) is 11.4 Å². The quantitative estimate of drug-likeness (QED) is 0.212. The second-order valence-electron chi connectivity index (χ2n) is 12.6. The molecule has 10 heteroatoms. The van der Waals surface area contributed by atoms with Crippen LogP contribution in [0.25, 0.3) is 0 Å². The lowest BCUT2D eigenvalue weighted by molar-refractivity contribution is 0.0696.